The molecule has 0 saturated carbocycles. The third-order valence-electron chi connectivity index (χ3n) is 5.56. The number of aryl methyl sites for hydroxylation is 2. The molecule has 30 heavy (non-hydrogen) atoms. The molecule has 1 amide bonds. The van der Waals surface area contributed by atoms with Crippen LogP contribution in [0.25, 0.3) is 22.0 Å². The van der Waals surface area contributed by atoms with Gasteiger partial charge in [0, 0.05) is 16.1 Å². The van der Waals surface area contributed by atoms with E-state index in [4.69, 9.17) is 11.6 Å². The maximum Gasteiger partial charge on any atom is 0.289 e. The lowest BCUT2D eigenvalue weighted by molar-refractivity contribution is 0.0950. The highest BCUT2D eigenvalue weighted by molar-refractivity contribution is 6.34. The minimum absolute atomic E-state index is 0.351. The van der Waals surface area contributed by atoms with Crippen molar-refractivity contribution in [2.75, 3.05) is 0 Å². The molecule has 1 aliphatic rings. The summed E-state index contributed by atoms with van der Waals surface area (Å²) < 4.78 is 0. The molecule has 0 saturated heterocycles. The number of aromatic amines is 1. The maximum absolute atomic E-state index is 12.6. The molecule has 3 aromatic carbocycles. The Hall–Kier alpha value is -3.44. The van der Waals surface area contributed by atoms with Crippen molar-refractivity contribution >= 4 is 34.0 Å². The van der Waals surface area contributed by atoms with Gasteiger partial charge in [0.05, 0.1) is 11.4 Å². The number of amides is 1. The summed E-state index contributed by atoms with van der Waals surface area (Å²) in [5.74, 6) is -0.355. The minimum atomic E-state index is -0.355. The Kier molecular flexibility index (Phi) is 4.60. The Morgan fingerprint density at radius 1 is 1.07 bits per heavy atom. The highest BCUT2D eigenvalue weighted by Gasteiger charge is 2.18. The molecule has 6 heteroatoms. The van der Waals surface area contributed by atoms with Gasteiger partial charge in [-0.15, -0.1) is 0 Å². The zero-order valence-electron chi connectivity index (χ0n) is 16.4. The summed E-state index contributed by atoms with van der Waals surface area (Å²) in [6.45, 7) is 1.80. The number of H-pyrrole nitrogens is 1. The first-order chi connectivity index (χ1) is 14.6. The molecule has 0 aliphatic heterocycles. The summed E-state index contributed by atoms with van der Waals surface area (Å²) in [5.41, 5.74) is 8.84. The fourth-order valence-corrected chi connectivity index (χ4v) is 4.33. The molecule has 0 bridgehead atoms. The molecule has 5 nitrogen and oxygen atoms in total. The number of carbonyl (C=O) groups is 1. The Balaban J connectivity index is 1.41. The maximum atomic E-state index is 12.6. The smallest absolute Gasteiger partial charge is 0.272 e. The Morgan fingerprint density at radius 3 is 2.70 bits per heavy atom. The van der Waals surface area contributed by atoms with Crippen LogP contribution in [0.5, 0.6) is 0 Å². The van der Waals surface area contributed by atoms with Crippen LogP contribution in [0, 0.1) is 0 Å². The fourth-order valence-electron chi connectivity index (χ4n) is 4.06. The molecule has 5 rings (SSSR count). The summed E-state index contributed by atoms with van der Waals surface area (Å²) in [6.07, 6.45) is 2.15. The van der Waals surface area contributed by atoms with E-state index in [1.807, 2.05) is 18.2 Å². The number of aromatic nitrogens is 2. The largest absolute Gasteiger partial charge is 0.289 e. The summed E-state index contributed by atoms with van der Waals surface area (Å²) in [7, 11) is 0. The average molecular weight is 415 g/mol. The first-order valence-electron chi connectivity index (χ1n) is 9.80. The van der Waals surface area contributed by atoms with Crippen LogP contribution in [0.15, 0.2) is 65.8 Å². The van der Waals surface area contributed by atoms with Gasteiger partial charge < -0.3 is 0 Å². The second-order valence-corrected chi connectivity index (χ2v) is 7.80. The molecule has 4 aromatic rings. The normalized spacial score (nSPS) is 13.1. The van der Waals surface area contributed by atoms with E-state index >= 15 is 0 Å². The van der Waals surface area contributed by atoms with E-state index in [2.05, 4.69) is 51.1 Å². The molecule has 0 radical (unpaired) electrons. The lowest BCUT2D eigenvalue weighted by atomic mass is 9.98. The summed E-state index contributed by atoms with van der Waals surface area (Å²) in [6, 6.07) is 19.8. The van der Waals surface area contributed by atoms with Gasteiger partial charge in [0.2, 0.25) is 0 Å². The number of halogens is 1. The second-order valence-electron chi connectivity index (χ2n) is 7.40. The van der Waals surface area contributed by atoms with E-state index in [1.54, 1.807) is 19.1 Å². The van der Waals surface area contributed by atoms with Crippen molar-refractivity contribution in [3.63, 3.8) is 0 Å². The lowest BCUT2D eigenvalue weighted by Gasteiger charge is -2.06. The predicted molar refractivity (Wildman–Crippen MR) is 120 cm³/mol. The van der Waals surface area contributed by atoms with Crippen LogP contribution in [-0.4, -0.2) is 21.8 Å². The van der Waals surface area contributed by atoms with Gasteiger partial charge in [-0.25, -0.2) is 5.43 Å². The van der Waals surface area contributed by atoms with E-state index in [-0.39, 0.29) is 5.91 Å². The molecule has 0 atom stereocenters. The van der Waals surface area contributed by atoms with Gasteiger partial charge in [0.15, 0.2) is 0 Å². The second kappa shape index (κ2) is 7.43. The van der Waals surface area contributed by atoms with E-state index in [0.29, 0.717) is 16.4 Å². The molecule has 0 spiro atoms. The highest BCUT2D eigenvalue weighted by Crippen LogP contribution is 2.36. The Bertz CT molecular complexity index is 1310. The van der Waals surface area contributed by atoms with Crippen molar-refractivity contribution in [3.05, 3.63) is 88.1 Å². The lowest BCUT2D eigenvalue weighted by Crippen LogP contribution is -2.19. The zero-order chi connectivity index (χ0) is 20.7. The number of nitrogens with zero attached hydrogens (tertiary/aromatic N) is 2. The molecule has 1 aromatic heterocycles. The van der Waals surface area contributed by atoms with Crippen molar-refractivity contribution < 1.29 is 4.79 Å². The van der Waals surface area contributed by atoms with E-state index in [0.717, 1.165) is 29.7 Å². The quantitative estimate of drug-likeness (QED) is 0.358. The number of carbonyl (C=O) groups excluding carboxylic acids is 1. The van der Waals surface area contributed by atoms with Crippen LogP contribution in [0.3, 0.4) is 0 Å². The molecule has 2 N–H and O–H groups in total. The average Bonchev–Trinajstić information content (AvgIpc) is 3.41. The summed E-state index contributed by atoms with van der Waals surface area (Å²) in [5, 5.41) is 14.5. The van der Waals surface area contributed by atoms with Crippen LogP contribution in [0.1, 0.15) is 34.1 Å². The van der Waals surface area contributed by atoms with E-state index in [9.17, 15) is 4.79 Å². The molecule has 1 heterocycles. The van der Waals surface area contributed by atoms with E-state index < -0.39 is 0 Å². The fraction of sp³-hybridized carbons (Fsp3) is 0.125. The van der Waals surface area contributed by atoms with Crippen molar-refractivity contribution in [2.24, 2.45) is 5.10 Å². The van der Waals surface area contributed by atoms with Crippen LogP contribution < -0.4 is 5.43 Å². The van der Waals surface area contributed by atoms with Gasteiger partial charge in [0.25, 0.3) is 5.91 Å². The zero-order valence-corrected chi connectivity index (χ0v) is 17.1. The monoisotopic (exact) mass is 414 g/mol. The number of rotatable bonds is 4. The van der Waals surface area contributed by atoms with Crippen LogP contribution in [0.2, 0.25) is 5.02 Å². The molecular formula is C24H19ClN4O. The molecule has 148 valence electrons. The first-order valence-corrected chi connectivity index (χ1v) is 10.2. The minimum Gasteiger partial charge on any atom is -0.272 e. The number of nitrogens with one attached hydrogen (secondary N) is 2. The standard InChI is InChI=1S/C24H19ClN4O/c1-14(17-6-2-3-8-20(17)25)26-29-24(30)22-13-21(27-28-22)18-12-11-16-10-9-15-5-4-7-19(18)23(15)16/h2-8,11-13H,9-10H2,1H3,(H,27,28)(H,29,30)/b26-14+. The van der Waals surface area contributed by atoms with E-state index in [1.165, 1.54) is 21.9 Å². The van der Waals surface area contributed by atoms with Crippen molar-refractivity contribution in [3.8, 4) is 11.3 Å². The summed E-state index contributed by atoms with van der Waals surface area (Å²) in [4.78, 5) is 12.6. The van der Waals surface area contributed by atoms with Gasteiger partial charge in [-0.3, -0.25) is 9.89 Å². The van der Waals surface area contributed by atoms with Crippen LogP contribution in [0.4, 0.5) is 0 Å². The molecular weight excluding hydrogens is 396 g/mol. The topological polar surface area (TPSA) is 70.1 Å². The number of hydrazone groups is 1. The first kappa shape index (κ1) is 18.6. The third kappa shape index (κ3) is 3.17. The predicted octanol–water partition coefficient (Wildman–Crippen LogP) is 5.14. The Labute approximate surface area is 178 Å². The number of hydrogen-bond donors (Lipinski definition) is 2. The highest BCUT2D eigenvalue weighted by atomic mass is 35.5. The number of benzene rings is 3. The Morgan fingerprint density at radius 2 is 1.87 bits per heavy atom. The SMILES string of the molecule is C/C(=N\NC(=O)c1cc(-c2ccc3c4c(cccc24)CC3)n[nH]1)c1ccccc1Cl. The summed E-state index contributed by atoms with van der Waals surface area (Å²) >= 11 is 6.19. The molecule has 0 unspecified atom stereocenters. The van der Waals surface area contributed by atoms with Crippen LogP contribution in [-0.2, 0) is 12.8 Å². The van der Waals surface area contributed by atoms with Crippen molar-refractivity contribution in [2.45, 2.75) is 19.8 Å². The molecule has 1 aliphatic carbocycles. The van der Waals surface area contributed by atoms with Gasteiger partial charge in [-0.1, -0.05) is 60.1 Å². The van der Waals surface area contributed by atoms with Crippen LogP contribution >= 0.6 is 11.6 Å². The molecule has 0 fully saturated rings. The van der Waals surface area contributed by atoms with Gasteiger partial charge >= 0.3 is 0 Å². The van der Waals surface area contributed by atoms with Crippen molar-refractivity contribution in [1.82, 2.24) is 15.6 Å². The van der Waals surface area contributed by atoms with Gasteiger partial charge in [-0.2, -0.15) is 10.2 Å². The van der Waals surface area contributed by atoms with Gasteiger partial charge in [-0.05, 0) is 53.8 Å². The number of hydrogen-bond acceptors (Lipinski definition) is 3. The van der Waals surface area contributed by atoms with Gasteiger partial charge in [0.1, 0.15) is 5.69 Å². The van der Waals surface area contributed by atoms with Crippen molar-refractivity contribution in [1.29, 1.82) is 0 Å². The third-order valence-corrected chi connectivity index (χ3v) is 5.89.